The van der Waals surface area contributed by atoms with Crippen molar-refractivity contribution in [2.75, 3.05) is 4.90 Å². The maximum Gasteiger partial charge on any atom is 0.331 e. The average Bonchev–Trinajstić information content (AvgIpc) is 3.56. The van der Waals surface area contributed by atoms with Crippen molar-refractivity contribution in [3.8, 4) is 0 Å². The van der Waals surface area contributed by atoms with Crippen molar-refractivity contribution < 1.29 is 19.3 Å². The van der Waals surface area contributed by atoms with Crippen LogP contribution in [-0.4, -0.2) is 23.4 Å². The summed E-state index contributed by atoms with van der Waals surface area (Å²) < 4.78 is 0. The summed E-state index contributed by atoms with van der Waals surface area (Å²) in [7, 11) is 0. The van der Waals surface area contributed by atoms with Crippen LogP contribution in [0.3, 0.4) is 0 Å². The Labute approximate surface area is 264 Å². The summed E-state index contributed by atoms with van der Waals surface area (Å²) in [6.07, 6.45) is 0. The van der Waals surface area contributed by atoms with E-state index in [1.54, 1.807) is 30.0 Å². The summed E-state index contributed by atoms with van der Waals surface area (Å²) in [5, 5.41) is 12.2. The summed E-state index contributed by atoms with van der Waals surface area (Å²) in [4.78, 5) is 37.2. The normalized spacial score (nSPS) is 11.8. The Morgan fingerprint density at radius 1 is 0.727 bits per heavy atom. The number of anilines is 3. The summed E-state index contributed by atoms with van der Waals surface area (Å²) in [6, 6.07) is 33.0. The van der Waals surface area contributed by atoms with E-state index in [9.17, 15) is 9.59 Å². The molecule has 0 aliphatic rings. The molecule has 222 valence electrons. The van der Waals surface area contributed by atoms with Gasteiger partial charge in [-0.15, -0.1) is 23.1 Å². The Balaban J connectivity index is 1.64. The van der Waals surface area contributed by atoms with Gasteiger partial charge in [0.2, 0.25) is 0 Å². The fourth-order valence-corrected chi connectivity index (χ4v) is 6.32. The first-order chi connectivity index (χ1) is 21.3. The van der Waals surface area contributed by atoms with Crippen molar-refractivity contribution in [1.82, 2.24) is 0 Å². The third-order valence-corrected chi connectivity index (χ3v) is 8.80. The molecule has 0 saturated heterocycles. The Morgan fingerprint density at radius 3 is 2.11 bits per heavy atom. The van der Waals surface area contributed by atoms with Gasteiger partial charge >= 0.3 is 11.9 Å². The monoisotopic (exact) mass is 621 g/mol. The van der Waals surface area contributed by atoms with Crippen LogP contribution in [-0.2, 0) is 25.0 Å². The van der Waals surface area contributed by atoms with Gasteiger partial charge in [0.05, 0.1) is 17.1 Å². The van der Waals surface area contributed by atoms with Crippen LogP contribution < -0.4 is 4.90 Å². The zero-order valence-corrected chi connectivity index (χ0v) is 26.4. The zero-order valence-electron chi connectivity index (χ0n) is 24.8. The average molecular weight is 622 g/mol. The van der Waals surface area contributed by atoms with Crippen LogP contribution >= 0.6 is 23.1 Å². The molecule has 0 radical (unpaired) electrons. The van der Waals surface area contributed by atoms with Crippen LogP contribution in [0.25, 0.3) is 10.8 Å². The van der Waals surface area contributed by atoms with Crippen molar-refractivity contribution in [1.29, 1.82) is 0 Å². The zero-order chi connectivity index (χ0) is 31.1. The Bertz CT molecular complexity index is 1850. The molecule has 0 aliphatic heterocycles. The smallest absolute Gasteiger partial charge is 0.318 e. The van der Waals surface area contributed by atoms with E-state index in [1.807, 2.05) is 49.4 Å². The molecule has 0 atom stereocenters. The number of thioether (sulfide) groups is 1. The maximum absolute atomic E-state index is 11.5. The van der Waals surface area contributed by atoms with Gasteiger partial charge in [-0.05, 0) is 78.7 Å². The molecule has 0 bridgehead atoms. The topological polar surface area (TPSA) is 80.6 Å². The maximum atomic E-state index is 11.5. The second kappa shape index (κ2) is 14.2. The summed E-state index contributed by atoms with van der Waals surface area (Å²) in [5.74, 6) is -0.0548. The summed E-state index contributed by atoms with van der Waals surface area (Å²) in [5.41, 5.74) is 5.68. The van der Waals surface area contributed by atoms with Crippen LogP contribution in [0.2, 0.25) is 0 Å². The number of benzene rings is 4. The van der Waals surface area contributed by atoms with E-state index in [0.717, 1.165) is 49.6 Å². The number of carbonyl (C=O) groups excluding carboxylic acids is 2. The number of carbonyl (C=O) groups is 2. The molecule has 0 aliphatic carbocycles. The van der Waals surface area contributed by atoms with Crippen molar-refractivity contribution in [2.24, 2.45) is 10.3 Å². The van der Waals surface area contributed by atoms with Gasteiger partial charge in [-0.2, -0.15) is 0 Å². The first-order valence-electron chi connectivity index (χ1n) is 13.9. The highest BCUT2D eigenvalue weighted by Gasteiger charge is 2.18. The highest BCUT2D eigenvalue weighted by molar-refractivity contribution is 7.98. The molecule has 1 aromatic heterocycles. The number of nitrogens with zero attached hydrogens (tertiary/aromatic N) is 3. The fraction of sp³-hybridized carbons (Fsp3) is 0.143. The number of rotatable bonds is 10. The van der Waals surface area contributed by atoms with Gasteiger partial charge in [-0.3, -0.25) is 0 Å². The lowest BCUT2D eigenvalue weighted by molar-refractivity contribution is -0.141. The Morgan fingerprint density at radius 2 is 1.43 bits per heavy atom. The number of hydrogen-bond donors (Lipinski definition) is 0. The standard InChI is InChI=1S/C35H31N3O4S2/c1-23(36-41-25(3)39)27-14-16-30(17-15-27)38(31-10-7-11-32(21-31)44-22-33-12-8-18-43-33)35-20-29(24(2)37-42-26(4)40)19-28-9-5-6-13-34(28)35/h5-21H,22H2,1-4H3/b36-23-,37-24-. The second-order valence-electron chi connectivity index (χ2n) is 9.98. The summed E-state index contributed by atoms with van der Waals surface area (Å²) >= 11 is 3.55. The molecule has 4 aromatic carbocycles. The SMILES string of the molecule is CC(=O)O/N=C(/C)c1ccc(N(c2cccc(SCc3cccs3)c2)c2cc(/C(C)=N\OC(C)=O)cc3ccccc23)cc1. The molecule has 7 nitrogen and oxygen atoms in total. The van der Waals surface area contributed by atoms with Crippen LogP contribution in [0.1, 0.15) is 43.7 Å². The van der Waals surface area contributed by atoms with Crippen LogP contribution in [0, 0.1) is 0 Å². The van der Waals surface area contributed by atoms with Crippen molar-refractivity contribution in [3.63, 3.8) is 0 Å². The number of oxime groups is 2. The quantitative estimate of drug-likeness (QED) is 0.0669. The second-order valence-corrected chi connectivity index (χ2v) is 12.1. The van der Waals surface area contributed by atoms with Gasteiger partial charge in [0, 0.05) is 51.7 Å². The Hall–Kier alpha value is -4.73. The van der Waals surface area contributed by atoms with Gasteiger partial charge in [0.15, 0.2) is 0 Å². The van der Waals surface area contributed by atoms with Crippen LogP contribution in [0.15, 0.2) is 118 Å². The third kappa shape index (κ3) is 7.61. The Kier molecular flexibility index (Phi) is 9.89. The molecular formula is C35H31N3O4S2. The molecule has 0 amide bonds. The van der Waals surface area contributed by atoms with E-state index in [2.05, 4.69) is 75.2 Å². The van der Waals surface area contributed by atoms with Crippen LogP contribution in [0.4, 0.5) is 17.1 Å². The largest absolute Gasteiger partial charge is 0.331 e. The minimum atomic E-state index is -0.475. The minimum Gasteiger partial charge on any atom is -0.318 e. The van der Waals surface area contributed by atoms with Crippen molar-refractivity contribution in [3.05, 3.63) is 118 Å². The first-order valence-corrected chi connectivity index (χ1v) is 15.8. The van der Waals surface area contributed by atoms with Crippen molar-refractivity contribution >= 4 is 74.3 Å². The minimum absolute atomic E-state index is 0.469. The molecule has 9 heteroatoms. The van der Waals surface area contributed by atoms with Crippen molar-refractivity contribution in [2.45, 2.75) is 38.3 Å². The van der Waals surface area contributed by atoms with Gasteiger partial charge in [0.25, 0.3) is 0 Å². The molecule has 5 aromatic rings. The molecule has 1 heterocycles. The predicted molar refractivity (Wildman–Crippen MR) is 180 cm³/mol. The molecule has 0 spiro atoms. The van der Waals surface area contributed by atoms with Gasteiger partial charge in [-0.25, -0.2) is 9.59 Å². The third-order valence-electron chi connectivity index (χ3n) is 6.70. The summed E-state index contributed by atoms with van der Waals surface area (Å²) in [6.45, 7) is 6.27. The first kappa shape index (κ1) is 30.7. The molecule has 5 rings (SSSR count). The predicted octanol–water partition coefficient (Wildman–Crippen LogP) is 9.24. The lowest BCUT2D eigenvalue weighted by Crippen LogP contribution is -2.12. The molecule has 0 unspecified atom stereocenters. The fourth-order valence-electron chi connectivity index (χ4n) is 4.60. The van der Waals surface area contributed by atoms with E-state index < -0.39 is 11.9 Å². The van der Waals surface area contributed by atoms with E-state index in [-0.39, 0.29) is 0 Å². The number of fused-ring (bicyclic) bond motifs is 1. The number of hydrogen-bond acceptors (Lipinski definition) is 9. The van der Waals surface area contributed by atoms with E-state index in [4.69, 9.17) is 9.68 Å². The van der Waals surface area contributed by atoms with E-state index in [0.29, 0.717) is 11.4 Å². The molecule has 0 fully saturated rings. The molecule has 0 N–H and O–H groups in total. The van der Waals surface area contributed by atoms with Gasteiger partial charge in [0.1, 0.15) is 0 Å². The lowest BCUT2D eigenvalue weighted by atomic mass is 10.0. The van der Waals surface area contributed by atoms with E-state index in [1.165, 1.54) is 18.7 Å². The lowest BCUT2D eigenvalue weighted by Gasteiger charge is -2.28. The van der Waals surface area contributed by atoms with Crippen LogP contribution in [0.5, 0.6) is 0 Å². The molecular weight excluding hydrogens is 591 g/mol. The highest BCUT2D eigenvalue weighted by Crippen LogP contribution is 2.41. The molecule has 44 heavy (non-hydrogen) atoms. The number of thiophene rings is 1. The van der Waals surface area contributed by atoms with E-state index >= 15 is 0 Å². The van der Waals surface area contributed by atoms with Gasteiger partial charge < -0.3 is 14.6 Å². The molecule has 0 saturated carbocycles. The van der Waals surface area contributed by atoms with Gasteiger partial charge in [-0.1, -0.05) is 58.8 Å². The highest BCUT2D eigenvalue weighted by atomic mass is 32.2.